The number of nitrogens with zero attached hydrogens (tertiary/aromatic N) is 3. The fraction of sp³-hybridized carbons (Fsp3) is 0.846. The molecule has 0 unspecified atom stereocenters. The van der Waals surface area contributed by atoms with Gasteiger partial charge in [0.15, 0.2) is 5.82 Å². The Balaban J connectivity index is 2.67. The zero-order chi connectivity index (χ0) is 13.0. The van der Waals surface area contributed by atoms with Crippen LogP contribution in [0.25, 0.3) is 0 Å². The predicted molar refractivity (Wildman–Crippen MR) is 68.8 cm³/mol. The van der Waals surface area contributed by atoms with E-state index in [0.717, 1.165) is 24.8 Å². The van der Waals surface area contributed by atoms with Crippen LogP contribution in [0.2, 0.25) is 0 Å². The Bertz CT molecular complexity index is 333. The average Bonchev–Trinajstić information content (AvgIpc) is 2.73. The fourth-order valence-corrected chi connectivity index (χ4v) is 1.71. The summed E-state index contributed by atoms with van der Waals surface area (Å²) in [6.07, 6.45) is 0. The molecule has 0 aromatic carbocycles. The molecule has 1 aromatic heterocycles. The quantitative estimate of drug-likeness (QED) is 0.765. The van der Waals surface area contributed by atoms with Crippen LogP contribution < -0.4 is 0 Å². The van der Waals surface area contributed by atoms with Gasteiger partial charge in [0.1, 0.15) is 0 Å². The highest BCUT2D eigenvalue weighted by molar-refractivity contribution is 4.92. The Morgan fingerprint density at radius 1 is 1.18 bits per heavy atom. The normalized spacial score (nSPS) is 13.9. The van der Waals surface area contributed by atoms with Crippen molar-refractivity contribution in [2.24, 2.45) is 5.92 Å². The van der Waals surface area contributed by atoms with Gasteiger partial charge in [0.25, 0.3) is 0 Å². The molecular weight excluding hydrogens is 214 g/mol. The number of aromatic nitrogens is 2. The lowest BCUT2D eigenvalue weighted by Crippen LogP contribution is -2.36. The van der Waals surface area contributed by atoms with Crippen molar-refractivity contribution in [2.45, 2.75) is 60.0 Å². The van der Waals surface area contributed by atoms with Gasteiger partial charge in [-0.25, -0.2) is 0 Å². The summed E-state index contributed by atoms with van der Waals surface area (Å²) in [6.45, 7) is 14.8. The minimum atomic E-state index is 0.324. The van der Waals surface area contributed by atoms with Crippen LogP contribution in [0.15, 0.2) is 4.52 Å². The van der Waals surface area contributed by atoms with Crippen LogP contribution in [0.1, 0.15) is 59.2 Å². The van der Waals surface area contributed by atoms with Gasteiger partial charge in [-0.05, 0) is 19.4 Å². The zero-order valence-corrected chi connectivity index (χ0v) is 11.9. The Kier molecular flexibility index (Phi) is 5.12. The molecular formula is C13H25N3O. The first-order chi connectivity index (χ1) is 7.95. The summed E-state index contributed by atoms with van der Waals surface area (Å²) in [6, 6.07) is 0.523. The summed E-state index contributed by atoms with van der Waals surface area (Å²) >= 11 is 0. The second kappa shape index (κ2) is 6.15. The molecule has 0 aliphatic rings. The summed E-state index contributed by atoms with van der Waals surface area (Å²) in [5, 5.41) is 3.99. The molecule has 1 rings (SSSR count). The Hall–Kier alpha value is -0.900. The maximum atomic E-state index is 5.29. The molecule has 1 heterocycles. The van der Waals surface area contributed by atoms with Gasteiger partial charge >= 0.3 is 0 Å². The Morgan fingerprint density at radius 2 is 1.82 bits per heavy atom. The maximum Gasteiger partial charge on any atom is 0.240 e. The van der Waals surface area contributed by atoms with E-state index >= 15 is 0 Å². The summed E-state index contributed by atoms with van der Waals surface area (Å²) in [4.78, 5) is 6.78. The molecule has 0 fully saturated rings. The Labute approximate surface area is 104 Å². The molecule has 4 nitrogen and oxygen atoms in total. The first-order valence-electron chi connectivity index (χ1n) is 6.52. The minimum absolute atomic E-state index is 0.324. The molecule has 98 valence electrons. The summed E-state index contributed by atoms with van der Waals surface area (Å²) in [5.41, 5.74) is 0. The highest BCUT2D eigenvalue weighted by atomic mass is 16.5. The smallest absolute Gasteiger partial charge is 0.240 e. The highest BCUT2D eigenvalue weighted by Crippen LogP contribution is 2.15. The van der Waals surface area contributed by atoms with E-state index in [1.807, 2.05) is 0 Å². The van der Waals surface area contributed by atoms with Crippen molar-refractivity contribution in [2.75, 3.05) is 6.54 Å². The third kappa shape index (κ3) is 3.80. The van der Waals surface area contributed by atoms with Gasteiger partial charge in [-0.15, -0.1) is 0 Å². The van der Waals surface area contributed by atoms with Crippen LogP contribution >= 0.6 is 0 Å². The van der Waals surface area contributed by atoms with Crippen molar-refractivity contribution in [3.8, 4) is 0 Å². The summed E-state index contributed by atoms with van der Waals surface area (Å²) in [7, 11) is 0. The van der Waals surface area contributed by atoms with E-state index in [1.165, 1.54) is 0 Å². The minimum Gasteiger partial charge on any atom is -0.338 e. The van der Waals surface area contributed by atoms with E-state index in [0.29, 0.717) is 17.9 Å². The lowest BCUT2D eigenvalue weighted by molar-refractivity contribution is 0.149. The Morgan fingerprint density at radius 3 is 2.24 bits per heavy atom. The molecule has 0 spiro atoms. The molecule has 1 atom stereocenters. The van der Waals surface area contributed by atoms with Gasteiger partial charge in [-0.2, -0.15) is 4.98 Å². The van der Waals surface area contributed by atoms with Crippen molar-refractivity contribution in [3.05, 3.63) is 11.7 Å². The van der Waals surface area contributed by atoms with E-state index < -0.39 is 0 Å². The molecule has 0 amide bonds. The number of rotatable bonds is 6. The van der Waals surface area contributed by atoms with Crippen LogP contribution in [0, 0.1) is 5.92 Å². The molecule has 0 saturated heterocycles. The lowest BCUT2D eigenvalue weighted by Gasteiger charge is -2.29. The van der Waals surface area contributed by atoms with Gasteiger partial charge in [-0.1, -0.05) is 39.8 Å². The van der Waals surface area contributed by atoms with E-state index in [9.17, 15) is 0 Å². The first-order valence-corrected chi connectivity index (χ1v) is 6.52. The van der Waals surface area contributed by atoms with Crippen molar-refractivity contribution in [1.82, 2.24) is 15.0 Å². The molecule has 0 aliphatic heterocycles. The molecule has 0 saturated carbocycles. The van der Waals surface area contributed by atoms with Gasteiger partial charge in [0, 0.05) is 12.0 Å². The third-order valence-corrected chi connectivity index (χ3v) is 3.29. The molecule has 0 N–H and O–H groups in total. The van der Waals surface area contributed by atoms with Gasteiger partial charge in [0.05, 0.1) is 6.54 Å². The average molecular weight is 239 g/mol. The number of hydrogen-bond donors (Lipinski definition) is 0. The molecule has 17 heavy (non-hydrogen) atoms. The first kappa shape index (κ1) is 14.2. The fourth-order valence-electron chi connectivity index (χ4n) is 1.71. The maximum absolute atomic E-state index is 5.29. The topological polar surface area (TPSA) is 42.2 Å². The predicted octanol–water partition coefficient (Wildman–Crippen LogP) is 3.06. The highest BCUT2D eigenvalue weighted by Gasteiger charge is 2.19. The van der Waals surface area contributed by atoms with Crippen LogP contribution in [-0.2, 0) is 6.54 Å². The zero-order valence-electron chi connectivity index (χ0n) is 11.9. The van der Waals surface area contributed by atoms with Crippen molar-refractivity contribution in [1.29, 1.82) is 0 Å². The SMILES string of the molecule is CCN(Cc1nc(C(C)C)no1)[C@H](C)C(C)C. The second-order valence-corrected chi connectivity index (χ2v) is 5.25. The van der Waals surface area contributed by atoms with E-state index in [2.05, 4.69) is 56.6 Å². The van der Waals surface area contributed by atoms with E-state index in [1.54, 1.807) is 0 Å². The van der Waals surface area contributed by atoms with Gasteiger partial charge in [-0.3, -0.25) is 4.90 Å². The van der Waals surface area contributed by atoms with E-state index in [-0.39, 0.29) is 0 Å². The third-order valence-electron chi connectivity index (χ3n) is 3.29. The molecule has 1 aromatic rings. The van der Waals surface area contributed by atoms with Gasteiger partial charge in [0.2, 0.25) is 5.89 Å². The number of hydrogen-bond acceptors (Lipinski definition) is 4. The van der Waals surface area contributed by atoms with Crippen molar-refractivity contribution < 1.29 is 4.52 Å². The monoisotopic (exact) mass is 239 g/mol. The van der Waals surface area contributed by atoms with Crippen molar-refractivity contribution in [3.63, 3.8) is 0 Å². The summed E-state index contributed by atoms with van der Waals surface area (Å²) in [5.74, 6) is 2.48. The standard InChI is InChI=1S/C13H25N3O/c1-7-16(11(6)9(2)3)8-12-14-13(10(4)5)15-17-12/h9-11H,7-8H2,1-6H3/t11-/m1/s1. The molecule has 0 radical (unpaired) electrons. The largest absolute Gasteiger partial charge is 0.338 e. The van der Waals surface area contributed by atoms with Crippen LogP contribution in [0.4, 0.5) is 0 Å². The van der Waals surface area contributed by atoms with Crippen molar-refractivity contribution >= 4 is 0 Å². The lowest BCUT2D eigenvalue weighted by atomic mass is 10.0. The molecule has 0 bridgehead atoms. The van der Waals surface area contributed by atoms with Crippen LogP contribution in [-0.4, -0.2) is 27.6 Å². The van der Waals surface area contributed by atoms with Crippen LogP contribution in [0.5, 0.6) is 0 Å². The summed E-state index contributed by atoms with van der Waals surface area (Å²) < 4.78 is 5.29. The second-order valence-electron chi connectivity index (χ2n) is 5.25. The van der Waals surface area contributed by atoms with E-state index in [4.69, 9.17) is 4.52 Å². The molecule has 4 heteroatoms. The van der Waals surface area contributed by atoms with Crippen LogP contribution in [0.3, 0.4) is 0 Å². The van der Waals surface area contributed by atoms with Gasteiger partial charge < -0.3 is 4.52 Å². The molecule has 0 aliphatic carbocycles.